The maximum absolute atomic E-state index is 13.4. The minimum Gasteiger partial charge on any atom is -0.481 e. The fraction of sp³-hybridized carbons (Fsp3) is 0.263. The molecule has 124 valence electrons. The molecule has 2 N–H and O–H groups in total. The Kier molecular flexibility index (Phi) is 4.34. The largest absolute Gasteiger partial charge is 0.481 e. The zero-order valence-corrected chi connectivity index (χ0v) is 13.0. The van der Waals surface area contributed by atoms with E-state index in [0.717, 1.165) is 0 Å². The molecule has 0 radical (unpaired) electrons. The lowest BCUT2D eigenvalue weighted by Gasteiger charge is -2.19. The van der Waals surface area contributed by atoms with Crippen LogP contribution in [-0.4, -0.2) is 23.5 Å². The fourth-order valence-corrected chi connectivity index (χ4v) is 2.96. The Balaban J connectivity index is 1.72. The van der Waals surface area contributed by atoms with E-state index in [2.05, 4.69) is 5.32 Å². The van der Waals surface area contributed by atoms with Gasteiger partial charge in [-0.2, -0.15) is 0 Å². The van der Waals surface area contributed by atoms with Crippen LogP contribution in [0.5, 0.6) is 0 Å². The van der Waals surface area contributed by atoms with Gasteiger partial charge in [0.25, 0.3) is 0 Å². The van der Waals surface area contributed by atoms with Crippen LogP contribution < -0.4 is 5.32 Å². The molecular weight excluding hydrogens is 309 g/mol. The van der Waals surface area contributed by atoms with E-state index < -0.39 is 17.3 Å². The highest BCUT2D eigenvalue weighted by atomic mass is 19.1. The van der Waals surface area contributed by atoms with Crippen LogP contribution in [0.2, 0.25) is 0 Å². The number of carboxylic acids is 1. The molecule has 1 saturated carbocycles. The van der Waals surface area contributed by atoms with E-state index in [1.54, 1.807) is 36.4 Å². The number of benzene rings is 2. The predicted molar refractivity (Wildman–Crippen MR) is 87.1 cm³/mol. The highest BCUT2D eigenvalue weighted by Crippen LogP contribution is 2.48. The van der Waals surface area contributed by atoms with E-state index in [1.807, 2.05) is 6.07 Å². The first-order valence-corrected chi connectivity index (χ1v) is 7.85. The Morgan fingerprint density at radius 3 is 2.42 bits per heavy atom. The van der Waals surface area contributed by atoms with E-state index in [9.17, 15) is 19.1 Å². The Morgan fingerprint density at radius 1 is 1.12 bits per heavy atom. The number of aliphatic carboxylic acids is 1. The van der Waals surface area contributed by atoms with E-state index in [4.69, 9.17) is 0 Å². The third-order valence-electron chi connectivity index (χ3n) is 4.53. The van der Waals surface area contributed by atoms with Gasteiger partial charge in [-0.05, 0) is 36.1 Å². The van der Waals surface area contributed by atoms with Crippen LogP contribution in [-0.2, 0) is 15.0 Å². The summed E-state index contributed by atoms with van der Waals surface area (Å²) in [6.45, 7) is 0.00917. The summed E-state index contributed by atoms with van der Waals surface area (Å²) in [4.78, 5) is 24.1. The summed E-state index contributed by atoms with van der Waals surface area (Å²) in [6, 6.07) is 14.8. The van der Waals surface area contributed by atoms with Gasteiger partial charge >= 0.3 is 5.97 Å². The number of rotatable bonds is 6. The Bertz CT molecular complexity index is 756. The van der Waals surface area contributed by atoms with Crippen molar-refractivity contribution in [3.05, 3.63) is 71.5 Å². The molecule has 2 aromatic rings. The van der Waals surface area contributed by atoms with Crippen molar-refractivity contribution in [2.24, 2.45) is 0 Å². The highest BCUT2D eigenvalue weighted by molar-refractivity contribution is 5.91. The predicted octanol–water partition coefficient (Wildman–Crippen LogP) is 2.84. The summed E-state index contributed by atoms with van der Waals surface area (Å²) in [5.41, 5.74) is 0.564. The standard InChI is InChI=1S/C19H18FNO3/c20-15-8-4-7-14(11-15)19(9-10-19)18(24)21-12-16(17(22)23)13-5-2-1-3-6-13/h1-8,11,16H,9-10,12H2,(H,21,24)(H,22,23). The molecule has 2 aromatic carbocycles. The molecule has 0 bridgehead atoms. The maximum atomic E-state index is 13.4. The summed E-state index contributed by atoms with van der Waals surface area (Å²) in [6.07, 6.45) is 1.29. The summed E-state index contributed by atoms with van der Waals surface area (Å²) < 4.78 is 13.4. The first kappa shape index (κ1) is 16.2. The molecule has 1 fully saturated rings. The van der Waals surface area contributed by atoms with Gasteiger partial charge < -0.3 is 10.4 Å². The van der Waals surface area contributed by atoms with Crippen molar-refractivity contribution in [1.29, 1.82) is 0 Å². The highest BCUT2D eigenvalue weighted by Gasteiger charge is 2.51. The Hall–Kier alpha value is -2.69. The van der Waals surface area contributed by atoms with Gasteiger partial charge in [-0.1, -0.05) is 42.5 Å². The molecule has 4 nitrogen and oxygen atoms in total. The molecular formula is C19H18FNO3. The van der Waals surface area contributed by atoms with E-state index in [-0.39, 0.29) is 18.3 Å². The second kappa shape index (κ2) is 6.43. The summed E-state index contributed by atoms with van der Waals surface area (Å²) in [5, 5.41) is 12.2. The number of hydrogen-bond donors (Lipinski definition) is 2. The molecule has 1 unspecified atom stereocenters. The lowest BCUT2D eigenvalue weighted by molar-refractivity contribution is -0.138. The summed E-state index contributed by atoms with van der Waals surface area (Å²) in [5.74, 6) is -2.41. The van der Waals surface area contributed by atoms with Crippen molar-refractivity contribution < 1.29 is 19.1 Å². The van der Waals surface area contributed by atoms with Crippen LogP contribution in [0.25, 0.3) is 0 Å². The number of amides is 1. The fourth-order valence-electron chi connectivity index (χ4n) is 2.96. The first-order valence-electron chi connectivity index (χ1n) is 7.85. The molecule has 1 amide bonds. The second-order valence-corrected chi connectivity index (χ2v) is 6.10. The Labute approximate surface area is 139 Å². The van der Waals surface area contributed by atoms with Gasteiger partial charge in [-0.15, -0.1) is 0 Å². The van der Waals surface area contributed by atoms with Crippen LogP contribution >= 0.6 is 0 Å². The smallest absolute Gasteiger partial charge is 0.312 e. The number of nitrogens with one attached hydrogen (secondary N) is 1. The molecule has 1 aliphatic rings. The van der Waals surface area contributed by atoms with Crippen molar-refractivity contribution in [2.75, 3.05) is 6.54 Å². The van der Waals surface area contributed by atoms with Gasteiger partial charge in [0.1, 0.15) is 5.82 Å². The summed E-state index contributed by atoms with van der Waals surface area (Å²) >= 11 is 0. The number of carbonyl (C=O) groups excluding carboxylic acids is 1. The van der Waals surface area contributed by atoms with Gasteiger partial charge in [0, 0.05) is 6.54 Å². The Morgan fingerprint density at radius 2 is 1.83 bits per heavy atom. The topological polar surface area (TPSA) is 66.4 Å². The van der Waals surface area contributed by atoms with Crippen molar-refractivity contribution in [1.82, 2.24) is 5.32 Å². The molecule has 0 aromatic heterocycles. The lowest BCUT2D eigenvalue weighted by Crippen LogP contribution is -2.38. The van der Waals surface area contributed by atoms with Crippen molar-refractivity contribution in [3.63, 3.8) is 0 Å². The van der Waals surface area contributed by atoms with Crippen molar-refractivity contribution >= 4 is 11.9 Å². The molecule has 0 saturated heterocycles. The van der Waals surface area contributed by atoms with E-state index in [0.29, 0.717) is 24.0 Å². The molecule has 5 heteroatoms. The van der Waals surface area contributed by atoms with Gasteiger partial charge in [-0.3, -0.25) is 9.59 Å². The number of carbonyl (C=O) groups is 2. The van der Waals surface area contributed by atoms with E-state index >= 15 is 0 Å². The second-order valence-electron chi connectivity index (χ2n) is 6.10. The molecule has 24 heavy (non-hydrogen) atoms. The van der Waals surface area contributed by atoms with Crippen LogP contribution in [0.1, 0.15) is 29.9 Å². The van der Waals surface area contributed by atoms with Gasteiger partial charge in [0.2, 0.25) is 5.91 Å². The third kappa shape index (κ3) is 3.15. The van der Waals surface area contributed by atoms with Crippen LogP contribution in [0.4, 0.5) is 4.39 Å². The third-order valence-corrected chi connectivity index (χ3v) is 4.53. The molecule has 1 atom stereocenters. The number of hydrogen-bond acceptors (Lipinski definition) is 2. The normalized spacial score (nSPS) is 16.2. The van der Waals surface area contributed by atoms with Crippen LogP contribution in [0.15, 0.2) is 54.6 Å². The molecule has 3 rings (SSSR count). The SMILES string of the molecule is O=C(O)C(CNC(=O)C1(c2cccc(F)c2)CC1)c1ccccc1. The minimum atomic E-state index is -0.989. The van der Waals surface area contributed by atoms with Crippen LogP contribution in [0, 0.1) is 5.82 Å². The maximum Gasteiger partial charge on any atom is 0.312 e. The quantitative estimate of drug-likeness (QED) is 0.857. The van der Waals surface area contributed by atoms with Gasteiger partial charge in [-0.25, -0.2) is 4.39 Å². The van der Waals surface area contributed by atoms with Crippen molar-refractivity contribution in [3.8, 4) is 0 Å². The zero-order chi connectivity index (χ0) is 17.2. The minimum absolute atomic E-state index is 0.00917. The van der Waals surface area contributed by atoms with E-state index in [1.165, 1.54) is 12.1 Å². The average molecular weight is 327 g/mol. The molecule has 0 spiro atoms. The monoisotopic (exact) mass is 327 g/mol. The van der Waals surface area contributed by atoms with Gasteiger partial charge in [0.05, 0.1) is 11.3 Å². The zero-order valence-electron chi connectivity index (χ0n) is 13.0. The van der Waals surface area contributed by atoms with Crippen LogP contribution in [0.3, 0.4) is 0 Å². The van der Waals surface area contributed by atoms with Crippen molar-refractivity contribution in [2.45, 2.75) is 24.2 Å². The number of halogens is 1. The molecule has 0 aliphatic heterocycles. The average Bonchev–Trinajstić information content (AvgIpc) is 3.37. The molecule has 1 aliphatic carbocycles. The first-order chi connectivity index (χ1) is 11.5. The molecule has 0 heterocycles. The lowest BCUT2D eigenvalue weighted by atomic mass is 9.94. The summed E-state index contributed by atoms with van der Waals surface area (Å²) in [7, 11) is 0. The van der Waals surface area contributed by atoms with Gasteiger partial charge in [0.15, 0.2) is 0 Å². The number of carboxylic acid groups (broad SMARTS) is 1.